The monoisotopic (exact) mass is 433 g/mol. The summed E-state index contributed by atoms with van der Waals surface area (Å²) in [6.45, 7) is 3.94. The number of phenolic OH excluding ortho intramolecular Hbond substituents is 1. The number of amides is 1. The lowest BCUT2D eigenvalue weighted by atomic mass is 9.98. The third-order valence-electron chi connectivity index (χ3n) is 5.34. The van der Waals surface area contributed by atoms with Gasteiger partial charge in [-0.3, -0.25) is 14.5 Å². The molecule has 0 saturated heterocycles. The molecule has 1 aliphatic heterocycles. The van der Waals surface area contributed by atoms with E-state index >= 15 is 0 Å². The Morgan fingerprint density at radius 3 is 2.77 bits per heavy atom. The van der Waals surface area contributed by atoms with E-state index in [1.165, 1.54) is 16.2 Å². The molecule has 156 valence electrons. The van der Waals surface area contributed by atoms with Crippen molar-refractivity contribution < 1.29 is 14.3 Å². The van der Waals surface area contributed by atoms with Crippen LogP contribution in [0.15, 0.2) is 51.7 Å². The maximum Gasteiger partial charge on any atom is 0.297 e. The second kappa shape index (κ2) is 7.31. The van der Waals surface area contributed by atoms with Gasteiger partial charge < -0.3 is 9.52 Å². The van der Waals surface area contributed by atoms with E-state index in [9.17, 15) is 14.7 Å². The summed E-state index contributed by atoms with van der Waals surface area (Å²) in [4.78, 5) is 28.5. The Balaban J connectivity index is 1.78. The summed E-state index contributed by atoms with van der Waals surface area (Å²) in [5.74, 6) is -0.396. The van der Waals surface area contributed by atoms with Crippen molar-refractivity contribution in [3.63, 3.8) is 0 Å². The van der Waals surface area contributed by atoms with Crippen LogP contribution < -0.4 is 10.3 Å². The Bertz CT molecular complexity index is 1390. The molecular formula is C23H19N3O4S. The minimum atomic E-state index is -0.766. The van der Waals surface area contributed by atoms with Gasteiger partial charge in [-0.05, 0) is 43.2 Å². The van der Waals surface area contributed by atoms with Crippen molar-refractivity contribution in [1.82, 2.24) is 10.2 Å². The molecule has 1 N–H and O–H groups in total. The number of hydrogen-bond acceptors (Lipinski definition) is 7. The van der Waals surface area contributed by atoms with Crippen molar-refractivity contribution in [2.45, 2.75) is 32.7 Å². The number of rotatable bonds is 4. The molecule has 2 aromatic carbocycles. The predicted molar refractivity (Wildman–Crippen MR) is 118 cm³/mol. The van der Waals surface area contributed by atoms with Gasteiger partial charge in [0.1, 0.15) is 16.3 Å². The molecule has 1 atom stereocenters. The number of benzene rings is 2. The van der Waals surface area contributed by atoms with E-state index in [0.29, 0.717) is 21.7 Å². The molecular weight excluding hydrogens is 414 g/mol. The predicted octanol–water partition coefficient (Wildman–Crippen LogP) is 4.36. The molecule has 5 rings (SSSR count). The zero-order chi connectivity index (χ0) is 21.7. The first-order chi connectivity index (χ1) is 15.0. The Morgan fingerprint density at radius 2 is 2.00 bits per heavy atom. The molecule has 2 aromatic heterocycles. The van der Waals surface area contributed by atoms with Crippen LogP contribution in [0.3, 0.4) is 0 Å². The van der Waals surface area contributed by atoms with Crippen LogP contribution in [0.2, 0.25) is 0 Å². The van der Waals surface area contributed by atoms with E-state index in [1.807, 2.05) is 19.9 Å². The van der Waals surface area contributed by atoms with Crippen LogP contribution in [0.1, 0.15) is 51.6 Å². The SMILES string of the molecule is CCCc1nnc(N2C(=O)c3oc4ccc(C)cc4c(=O)c3[C@@H]2c2cccc(O)c2)s1. The van der Waals surface area contributed by atoms with Gasteiger partial charge >= 0.3 is 0 Å². The molecule has 8 heteroatoms. The summed E-state index contributed by atoms with van der Waals surface area (Å²) in [5.41, 5.74) is 1.87. The minimum Gasteiger partial charge on any atom is -0.508 e. The molecule has 0 fully saturated rings. The van der Waals surface area contributed by atoms with Gasteiger partial charge in [0.15, 0.2) is 5.43 Å². The van der Waals surface area contributed by atoms with E-state index < -0.39 is 11.9 Å². The summed E-state index contributed by atoms with van der Waals surface area (Å²) < 4.78 is 5.94. The third-order valence-corrected chi connectivity index (χ3v) is 6.32. The highest BCUT2D eigenvalue weighted by Crippen LogP contribution is 2.42. The molecule has 4 aromatic rings. The number of anilines is 1. The lowest BCUT2D eigenvalue weighted by Gasteiger charge is -2.22. The molecule has 31 heavy (non-hydrogen) atoms. The fraction of sp³-hybridized carbons (Fsp3) is 0.217. The Morgan fingerprint density at radius 1 is 1.16 bits per heavy atom. The highest BCUT2D eigenvalue weighted by Gasteiger charge is 2.45. The summed E-state index contributed by atoms with van der Waals surface area (Å²) in [6, 6.07) is 11.1. The molecule has 0 spiro atoms. The summed E-state index contributed by atoms with van der Waals surface area (Å²) in [5, 5.41) is 20.1. The van der Waals surface area contributed by atoms with Crippen LogP contribution in [0.25, 0.3) is 11.0 Å². The molecule has 1 aliphatic rings. The second-order valence-electron chi connectivity index (χ2n) is 7.57. The first-order valence-corrected chi connectivity index (χ1v) is 10.8. The van der Waals surface area contributed by atoms with E-state index in [-0.39, 0.29) is 22.5 Å². The first-order valence-electron chi connectivity index (χ1n) is 10.00. The third kappa shape index (κ3) is 3.11. The lowest BCUT2D eigenvalue weighted by molar-refractivity contribution is 0.0970. The number of phenols is 1. The van der Waals surface area contributed by atoms with Crippen LogP contribution in [-0.4, -0.2) is 21.2 Å². The standard InChI is InChI=1S/C23H19N3O4S/c1-3-5-17-24-25-23(31-17)26-19(13-6-4-7-14(27)11-13)18-20(28)15-10-12(2)8-9-16(15)30-21(18)22(26)29/h4,6-11,19,27H,3,5H2,1-2H3/t19-/m0/s1. The first kappa shape index (κ1) is 19.4. The number of hydrogen-bond donors (Lipinski definition) is 1. The molecule has 0 saturated carbocycles. The van der Waals surface area contributed by atoms with Crippen LogP contribution in [0.5, 0.6) is 5.75 Å². The van der Waals surface area contributed by atoms with E-state index in [4.69, 9.17) is 4.42 Å². The smallest absolute Gasteiger partial charge is 0.297 e. The van der Waals surface area contributed by atoms with E-state index in [2.05, 4.69) is 10.2 Å². The van der Waals surface area contributed by atoms with Gasteiger partial charge in [0.05, 0.1) is 17.0 Å². The average molecular weight is 433 g/mol. The summed E-state index contributed by atoms with van der Waals surface area (Å²) in [7, 11) is 0. The highest BCUT2D eigenvalue weighted by atomic mass is 32.1. The Hall–Kier alpha value is -3.52. The molecule has 0 bridgehead atoms. The van der Waals surface area contributed by atoms with Crippen LogP contribution >= 0.6 is 11.3 Å². The fourth-order valence-corrected chi connectivity index (χ4v) is 4.92. The zero-order valence-corrected chi connectivity index (χ0v) is 17.8. The maximum atomic E-state index is 13.5. The van der Waals surface area contributed by atoms with Crippen molar-refractivity contribution in [3.8, 4) is 5.75 Å². The number of aromatic hydroxyl groups is 1. The maximum absolute atomic E-state index is 13.5. The molecule has 3 heterocycles. The summed E-state index contributed by atoms with van der Waals surface area (Å²) in [6.07, 6.45) is 1.66. The quantitative estimate of drug-likeness (QED) is 0.514. The van der Waals surface area contributed by atoms with Crippen molar-refractivity contribution >= 4 is 33.3 Å². The number of aromatic nitrogens is 2. The minimum absolute atomic E-state index is 0.00179. The van der Waals surface area contributed by atoms with Crippen LogP contribution in [0.4, 0.5) is 5.13 Å². The Labute approximate surface area is 181 Å². The lowest BCUT2D eigenvalue weighted by Crippen LogP contribution is -2.29. The van der Waals surface area contributed by atoms with Crippen LogP contribution in [0, 0.1) is 6.92 Å². The fourth-order valence-electron chi connectivity index (χ4n) is 3.95. The highest BCUT2D eigenvalue weighted by molar-refractivity contribution is 7.15. The van der Waals surface area contributed by atoms with Gasteiger partial charge in [-0.1, -0.05) is 42.0 Å². The van der Waals surface area contributed by atoms with Crippen molar-refractivity contribution in [3.05, 3.63) is 80.1 Å². The normalized spacial score (nSPS) is 15.6. The largest absolute Gasteiger partial charge is 0.508 e. The molecule has 0 radical (unpaired) electrons. The van der Waals surface area contributed by atoms with Gasteiger partial charge in [-0.25, -0.2) is 0 Å². The summed E-state index contributed by atoms with van der Waals surface area (Å²) >= 11 is 1.32. The number of nitrogens with zero attached hydrogens (tertiary/aromatic N) is 3. The number of carbonyl (C=O) groups excluding carboxylic acids is 1. The molecule has 7 nitrogen and oxygen atoms in total. The molecule has 1 amide bonds. The van der Waals surface area contributed by atoms with Gasteiger partial charge in [0.2, 0.25) is 10.9 Å². The van der Waals surface area contributed by atoms with E-state index in [1.54, 1.807) is 36.4 Å². The number of carbonyl (C=O) groups is 1. The molecule has 0 unspecified atom stereocenters. The molecule has 0 aliphatic carbocycles. The van der Waals surface area contributed by atoms with Gasteiger partial charge in [-0.15, -0.1) is 10.2 Å². The Kier molecular flexibility index (Phi) is 4.59. The second-order valence-corrected chi connectivity index (χ2v) is 8.62. The average Bonchev–Trinajstić information content (AvgIpc) is 3.31. The van der Waals surface area contributed by atoms with Gasteiger partial charge in [-0.2, -0.15) is 0 Å². The van der Waals surface area contributed by atoms with E-state index in [0.717, 1.165) is 23.4 Å². The topological polar surface area (TPSA) is 96.5 Å². The van der Waals surface area contributed by atoms with Gasteiger partial charge in [0.25, 0.3) is 5.91 Å². The van der Waals surface area contributed by atoms with Crippen molar-refractivity contribution in [2.75, 3.05) is 4.90 Å². The number of fused-ring (bicyclic) bond motifs is 2. The van der Waals surface area contributed by atoms with Crippen molar-refractivity contribution in [2.24, 2.45) is 0 Å². The van der Waals surface area contributed by atoms with Crippen molar-refractivity contribution in [1.29, 1.82) is 0 Å². The van der Waals surface area contributed by atoms with Crippen LogP contribution in [-0.2, 0) is 6.42 Å². The number of aryl methyl sites for hydroxylation is 2. The van der Waals surface area contributed by atoms with Gasteiger partial charge in [0, 0.05) is 6.42 Å². The zero-order valence-electron chi connectivity index (χ0n) is 17.0.